The summed E-state index contributed by atoms with van der Waals surface area (Å²) in [5, 5.41) is 6.00. The van der Waals surface area contributed by atoms with Crippen molar-refractivity contribution in [3.05, 3.63) is 62.6 Å². The van der Waals surface area contributed by atoms with Gasteiger partial charge in [-0.25, -0.2) is 8.42 Å². The Labute approximate surface area is 239 Å². The summed E-state index contributed by atoms with van der Waals surface area (Å²) in [5.41, 5.74) is 0.840. The highest BCUT2D eigenvalue weighted by Gasteiger charge is 2.40. The zero-order chi connectivity index (χ0) is 27.3. The van der Waals surface area contributed by atoms with Crippen LogP contribution in [0.25, 0.3) is 0 Å². The third-order valence-electron chi connectivity index (χ3n) is 6.87. The van der Waals surface area contributed by atoms with E-state index in [0.29, 0.717) is 19.5 Å². The van der Waals surface area contributed by atoms with Gasteiger partial charge in [0.25, 0.3) is 0 Å². The Hall–Kier alpha value is -1.43. The van der Waals surface area contributed by atoms with Crippen LogP contribution in [-0.2, 0) is 32.5 Å². The van der Waals surface area contributed by atoms with Crippen LogP contribution in [0.2, 0.25) is 15.1 Å². The van der Waals surface area contributed by atoms with Gasteiger partial charge >= 0.3 is 0 Å². The van der Waals surface area contributed by atoms with Crippen molar-refractivity contribution in [1.29, 1.82) is 0 Å². The lowest BCUT2D eigenvalue weighted by atomic mass is 10.1. The van der Waals surface area contributed by atoms with Gasteiger partial charge in [0, 0.05) is 50.3 Å². The van der Waals surface area contributed by atoms with Gasteiger partial charge in [-0.15, -0.1) is 0 Å². The fourth-order valence-electron chi connectivity index (χ4n) is 4.72. The lowest BCUT2D eigenvalue weighted by Crippen LogP contribution is -2.44. The minimum atomic E-state index is -4.14. The number of rotatable bonds is 10. The summed E-state index contributed by atoms with van der Waals surface area (Å²) in [6, 6.07) is 10.3. The Bertz CT molecular complexity index is 1190. The molecular formula is C26H33Cl3N4O4S. The molecule has 2 aromatic rings. The molecule has 2 aliphatic heterocycles. The molecule has 2 fully saturated rings. The Morgan fingerprint density at radius 3 is 2.32 bits per heavy atom. The number of amides is 1. The largest absolute Gasteiger partial charge is 0.350 e. The summed E-state index contributed by atoms with van der Waals surface area (Å²) >= 11 is 18.4. The van der Waals surface area contributed by atoms with E-state index in [4.69, 9.17) is 39.5 Å². The molecule has 208 valence electrons. The van der Waals surface area contributed by atoms with E-state index in [9.17, 15) is 13.2 Å². The molecule has 0 bridgehead atoms. The molecule has 12 heteroatoms. The average Bonchev–Trinajstić information content (AvgIpc) is 3.38. The molecule has 0 radical (unpaired) electrons. The topological polar surface area (TPSA) is 91.0 Å². The van der Waals surface area contributed by atoms with Crippen LogP contribution in [0, 0.1) is 0 Å². The maximum Gasteiger partial charge on any atom is 0.246 e. The molecule has 2 N–H and O–H groups in total. The van der Waals surface area contributed by atoms with Crippen LogP contribution in [0.1, 0.15) is 24.0 Å². The number of nitrogens with one attached hydrogen (secondary N) is 2. The van der Waals surface area contributed by atoms with Gasteiger partial charge < -0.3 is 20.3 Å². The van der Waals surface area contributed by atoms with Gasteiger partial charge in [-0.05, 0) is 49.7 Å². The molecule has 2 unspecified atom stereocenters. The van der Waals surface area contributed by atoms with Crippen LogP contribution in [0.15, 0.2) is 41.3 Å². The van der Waals surface area contributed by atoms with Crippen molar-refractivity contribution in [1.82, 2.24) is 20.4 Å². The first-order valence-corrected chi connectivity index (χ1v) is 15.3. The van der Waals surface area contributed by atoms with Crippen LogP contribution < -0.4 is 10.6 Å². The molecule has 2 atom stereocenters. The first-order valence-electron chi connectivity index (χ1n) is 12.6. The molecule has 0 spiro atoms. The van der Waals surface area contributed by atoms with Crippen LogP contribution in [0.4, 0.5) is 0 Å². The monoisotopic (exact) mass is 602 g/mol. The highest BCUT2D eigenvalue weighted by atomic mass is 35.5. The Kier molecular flexibility index (Phi) is 10.3. The van der Waals surface area contributed by atoms with Crippen molar-refractivity contribution < 1.29 is 17.9 Å². The number of hydrogen-bond acceptors (Lipinski definition) is 7. The number of piperazine rings is 1. The fourth-order valence-corrected chi connectivity index (χ4v) is 7.99. The smallest absolute Gasteiger partial charge is 0.246 e. The second-order valence-corrected chi connectivity index (χ2v) is 13.0. The van der Waals surface area contributed by atoms with Crippen LogP contribution >= 0.6 is 34.8 Å². The molecule has 2 saturated heterocycles. The summed E-state index contributed by atoms with van der Waals surface area (Å²) in [6.45, 7) is 5.70. The lowest BCUT2D eigenvalue weighted by molar-refractivity contribution is -0.126. The van der Waals surface area contributed by atoms with Crippen molar-refractivity contribution in [3.63, 3.8) is 0 Å². The maximum atomic E-state index is 13.5. The zero-order valence-electron chi connectivity index (χ0n) is 21.3. The van der Waals surface area contributed by atoms with E-state index in [2.05, 4.69) is 39.6 Å². The number of carbonyl (C=O) groups excluding carboxylic acids is 1. The van der Waals surface area contributed by atoms with Gasteiger partial charge in [-0.2, -0.15) is 0 Å². The SMILES string of the molecule is CN1CCN(Cc2ccc(CNC(=O)COC(C3CCCN3)S(=O)(=O)c3c(Cl)cc(Cl)cc3Cl)cc2)CC1. The second kappa shape index (κ2) is 13.3. The van der Waals surface area contributed by atoms with E-state index < -0.39 is 33.8 Å². The first-order chi connectivity index (χ1) is 18.1. The number of likely N-dealkylation sites (N-methyl/N-ethyl adjacent to an activating group) is 1. The Morgan fingerprint density at radius 1 is 1.08 bits per heavy atom. The summed E-state index contributed by atoms with van der Waals surface area (Å²) in [6.07, 6.45) is 1.37. The number of sulfone groups is 1. The molecular weight excluding hydrogens is 571 g/mol. The predicted molar refractivity (Wildman–Crippen MR) is 150 cm³/mol. The van der Waals surface area contributed by atoms with Crippen molar-refractivity contribution >= 4 is 50.5 Å². The molecule has 2 aliphatic rings. The van der Waals surface area contributed by atoms with Crippen molar-refractivity contribution in [2.75, 3.05) is 46.4 Å². The van der Waals surface area contributed by atoms with E-state index in [1.807, 2.05) is 12.1 Å². The van der Waals surface area contributed by atoms with Gasteiger partial charge in [0.15, 0.2) is 5.44 Å². The minimum Gasteiger partial charge on any atom is -0.350 e. The molecule has 0 saturated carbocycles. The average molecular weight is 604 g/mol. The first kappa shape index (κ1) is 29.6. The molecule has 0 aromatic heterocycles. The molecule has 2 heterocycles. The van der Waals surface area contributed by atoms with Gasteiger partial charge in [-0.3, -0.25) is 9.69 Å². The van der Waals surface area contributed by atoms with E-state index >= 15 is 0 Å². The highest BCUT2D eigenvalue weighted by Crippen LogP contribution is 2.36. The van der Waals surface area contributed by atoms with Crippen molar-refractivity contribution in [2.24, 2.45) is 0 Å². The van der Waals surface area contributed by atoms with Crippen molar-refractivity contribution in [3.8, 4) is 0 Å². The van der Waals surface area contributed by atoms with E-state index in [0.717, 1.165) is 44.7 Å². The highest BCUT2D eigenvalue weighted by molar-refractivity contribution is 7.92. The third-order valence-corrected chi connectivity index (χ3v) is 10.00. The number of hydrogen-bond donors (Lipinski definition) is 2. The Balaban J connectivity index is 1.34. The number of nitrogens with zero attached hydrogens (tertiary/aromatic N) is 2. The van der Waals surface area contributed by atoms with Gasteiger partial charge in [0.1, 0.15) is 11.5 Å². The Morgan fingerprint density at radius 2 is 1.71 bits per heavy atom. The predicted octanol–water partition coefficient (Wildman–Crippen LogP) is 3.58. The number of halogens is 3. The molecule has 2 aromatic carbocycles. The quantitative estimate of drug-likeness (QED) is 0.429. The maximum absolute atomic E-state index is 13.5. The summed E-state index contributed by atoms with van der Waals surface area (Å²) in [5.74, 6) is -0.419. The molecule has 1 amide bonds. The van der Waals surface area contributed by atoms with Gasteiger partial charge in [-0.1, -0.05) is 59.1 Å². The van der Waals surface area contributed by atoms with E-state index in [1.165, 1.54) is 17.7 Å². The van der Waals surface area contributed by atoms with Gasteiger partial charge in [0.05, 0.1) is 10.0 Å². The summed E-state index contributed by atoms with van der Waals surface area (Å²) in [7, 11) is -2.00. The summed E-state index contributed by atoms with van der Waals surface area (Å²) < 4.78 is 32.8. The third kappa shape index (κ3) is 7.61. The number of ether oxygens (including phenoxy) is 1. The second-order valence-electron chi connectivity index (χ2n) is 9.80. The normalized spacial score (nSPS) is 19.9. The number of benzene rings is 2. The summed E-state index contributed by atoms with van der Waals surface area (Å²) in [4.78, 5) is 17.1. The molecule has 0 aliphatic carbocycles. The van der Waals surface area contributed by atoms with Crippen LogP contribution in [-0.4, -0.2) is 82.0 Å². The number of carbonyl (C=O) groups is 1. The van der Waals surface area contributed by atoms with E-state index in [-0.39, 0.29) is 20.0 Å². The van der Waals surface area contributed by atoms with Crippen LogP contribution in [0.5, 0.6) is 0 Å². The standard InChI is InChI=1S/C26H33Cl3N4O4S/c1-32-9-11-33(12-10-32)16-19-6-4-18(5-7-19)15-31-24(34)17-37-26(23-3-2-8-30-23)38(35,36)25-21(28)13-20(27)14-22(25)29/h4-7,13-14,23,26,30H,2-3,8-12,15-17H2,1H3,(H,31,34). The van der Waals surface area contributed by atoms with Gasteiger partial charge in [0.2, 0.25) is 15.7 Å². The van der Waals surface area contributed by atoms with E-state index in [1.54, 1.807) is 0 Å². The fraction of sp³-hybridized carbons (Fsp3) is 0.500. The zero-order valence-corrected chi connectivity index (χ0v) is 24.3. The molecule has 8 nitrogen and oxygen atoms in total. The van der Waals surface area contributed by atoms with Crippen molar-refractivity contribution in [2.45, 2.75) is 42.3 Å². The minimum absolute atomic E-state index is 0.0883. The molecule has 38 heavy (non-hydrogen) atoms. The van der Waals surface area contributed by atoms with Crippen LogP contribution in [0.3, 0.4) is 0 Å². The lowest BCUT2D eigenvalue weighted by Gasteiger charge is -2.32. The molecule has 4 rings (SSSR count).